The molecule has 1 atom stereocenters. The van der Waals surface area contributed by atoms with Gasteiger partial charge in [-0.25, -0.2) is 9.18 Å². The van der Waals surface area contributed by atoms with E-state index in [9.17, 15) is 14.0 Å². The molecule has 5 nitrogen and oxygen atoms in total. The topological polar surface area (TPSA) is 86.6 Å². The molecule has 1 aromatic rings. The van der Waals surface area contributed by atoms with Gasteiger partial charge in [-0.05, 0) is 12.1 Å². The molecule has 19 heavy (non-hydrogen) atoms. The second kappa shape index (κ2) is 7.27. The lowest BCUT2D eigenvalue weighted by molar-refractivity contribution is -0.141. The molecule has 0 aliphatic rings. The molecule has 1 amide bonds. The van der Waals surface area contributed by atoms with Crippen LogP contribution in [0.25, 0.3) is 6.08 Å². The number of carboxylic acids is 1. The third kappa shape index (κ3) is 4.89. The van der Waals surface area contributed by atoms with Crippen molar-refractivity contribution in [2.45, 2.75) is 12.5 Å². The summed E-state index contributed by atoms with van der Waals surface area (Å²) >= 11 is 0. The van der Waals surface area contributed by atoms with Gasteiger partial charge in [0.15, 0.2) is 0 Å². The van der Waals surface area contributed by atoms with E-state index in [1.165, 1.54) is 24.3 Å². The molecule has 0 saturated carbocycles. The lowest BCUT2D eigenvalue weighted by Crippen LogP contribution is -2.40. The van der Waals surface area contributed by atoms with Crippen molar-refractivity contribution < 1.29 is 24.2 Å². The Morgan fingerprint density at radius 1 is 1.37 bits per heavy atom. The number of nitrogens with one attached hydrogen (secondary N) is 1. The number of hydrogen-bond donors (Lipinski definition) is 3. The first-order valence-electron chi connectivity index (χ1n) is 5.61. The summed E-state index contributed by atoms with van der Waals surface area (Å²) in [6.07, 6.45) is 2.21. The minimum Gasteiger partial charge on any atom is -0.480 e. The van der Waals surface area contributed by atoms with Crippen molar-refractivity contribution in [2.75, 3.05) is 6.61 Å². The predicted molar refractivity (Wildman–Crippen MR) is 66.7 cm³/mol. The van der Waals surface area contributed by atoms with Crippen LogP contribution in [-0.4, -0.2) is 34.7 Å². The molecule has 0 saturated heterocycles. The monoisotopic (exact) mass is 267 g/mol. The van der Waals surface area contributed by atoms with Crippen LogP contribution in [0, 0.1) is 5.82 Å². The first-order chi connectivity index (χ1) is 9.04. The van der Waals surface area contributed by atoms with E-state index in [2.05, 4.69) is 5.32 Å². The van der Waals surface area contributed by atoms with E-state index in [0.29, 0.717) is 0 Å². The average Bonchev–Trinajstić information content (AvgIpc) is 2.37. The van der Waals surface area contributed by atoms with Crippen molar-refractivity contribution in [1.82, 2.24) is 5.32 Å². The molecular weight excluding hydrogens is 253 g/mol. The van der Waals surface area contributed by atoms with Crippen LogP contribution >= 0.6 is 0 Å². The molecule has 6 heteroatoms. The number of aliphatic hydroxyl groups excluding tert-OH is 1. The van der Waals surface area contributed by atoms with Gasteiger partial charge in [-0.1, -0.05) is 18.2 Å². The summed E-state index contributed by atoms with van der Waals surface area (Å²) in [5, 5.41) is 19.6. The Morgan fingerprint density at radius 2 is 2.05 bits per heavy atom. The number of hydrogen-bond acceptors (Lipinski definition) is 3. The Bertz CT molecular complexity index is 487. The highest BCUT2D eigenvalue weighted by Crippen LogP contribution is 2.07. The molecule has 0 bridgehead atoms. The summed E-state index contributed by atoms with van der Waals surface area (Å²) in [6, 6.07) is 4.72. The van der Waals surface area contributed by atoms with Gasteiger partial charge in [-0.2, -0.15) is 0 Å². The lowest BCUT2D eigenvalue weighted by Gasteiger charge is -2.11. The van der Waals surface area contributed by atoms with Crippen LogP contribution in [0.15, 0.2) is 30.3 Å². The fraction of sp³-hybridized carbons (Fsp3) is 0.231. The highest BCUT2D eigenvalue weighted by molar-refractivity contribution is 5.94. The normalized spacial score (nSPS) is 12.3. The number of benzene rings is 1. The van der Waals surface area contributed by atoms with Gasteiger partial charge >= 0.3 is 5.97 Å². The highest BCUT2D eigenvalue weighted by atomic mass is 19.1. The highest BCUT2D eigenvalue weighted by Gasteiger charge is 2.17. The van der Waals surface area contributed by atoms with Crippen LogP contribution in [-0.2, 0) is 9.59 Å². The second-order valence-corrected chi connectivity index (χ2v) is 3.77. The van der Waals surface area contributed by atoms with Crippen LogP contribution in [0.1, 0.15) is 12.0 Å². The second-order valence-electron chi connectivity index (χ2n) is 3.77. The number of carbonyl (C=O) groups excluding carboxylic acids is 1. The summed E-state index contributed by atoms with van der Waals surface area (Å²) in [6.45, 7) is -0.353. The van der Waals surface area contributed by atoms with Crippen LogP contribution in [0.5, 0.6) is 0 Å². The number of amides is 1. The van der Waals surface area contributed by atoms with E-state index in [4.69, 9.17) is 10.2 Å². The van der Waals surface area contributed by atoms with Crippen LogP contribution in [0.4, 0.5) is 4.39 Å². The summed E-state index contributed by atoms with van der Waals surface area (Å²) < 4.78 is 13.2. The van der Waals surface area contributed by atoms with E-state index < -0.39 is 23.7 Å². The van der Waals surface area contributed by atoms with Crippen LogP contribution in [0.3, 0.4) is 0 Å². The fourth-order valence-corrected chi connectivity index (χ4v) is 1.38. The zero-order valence-corrected chi connectivity index (χ0v) is 10.0. The summed E-state index contributed by atoms with van der Waals surface area (Å²) in [5.74, 6) is -2.37. The summed E-state index contributed by atoms with van der Waals surface area (Å²) in [5.41, 5.74) is 0.228. The molecule has 0 unspecified atom stereocenters. The van der Waals surface area contributed by atoms with Crippen molar-refractivity contribution in [2.24, 2.45) is 0 Å². The molecule has 1 rings (SSSR count). The van der Waals surface area contributed by atoms with Gasteiger partial charge in [0.05, 0.1) is 0 Å². The number of carboxylic acid groups (broad SMARTS) is 1. The summed E-state index contributed by atoms with van der Waals surface area (Å²) in [7, 11) is 0. The van der Waals surface area contributed by atoms with Crippen molar-refractivity contribution in [1.29, 1.82) is 0 Å². The fourth-order valence-electron chi connectivity index (χ4n) is 1.38. The molecule has 0 radical (unpaired) electrons. The molecule has 0 fully saturated rings. The largest absolute Gasteiger partial charge is 0.480 e. The molecule has 1 aromatic carbocycles. The Labute approximate surface area is 109 Å². The predicted octanol–water partition coefficient (Wildman–Crippen LogP) is 0.791. The van der Waals surface area contributed by atoms with Gasteiger partial charge in [0.2, 0.25) is 5.91 Å². The Morgan fingerprint density at radius 3 is 2.63 bits per heavy atom. The Hall–Kier alpha value is -2.21. The molecule has 0 aliphatic carbocycles. The quantitative estimate of drug-likeness (QED) is 0.665. The van der Waals surface area contributed by atoms with Gasteiger partial charge in [0.1, 0.15) is 11.9 Å². The lowest BCUT2D eigenvalue weighted by atomic mass is 10.2. The number of carbonyl (C=O) groups is 2. The number of rotatable bonds is 6. The van der Waals surface area contributed by atoms with Crippen molar-refractivity contribution in [3.05, 3.63) is 41.7 Å². The zero-order valence-electron chi connectivity index (χ0n) is 10.0. The minimum absolute atomic E-state index is 0.0887. The number of aliphatic hydroxyl groups is 1. The molecule has 0 aliphatic heterocycles. The molecule has 3 N–H and O–H groups in total. The van der Waals surface area contributed by atoms with Gasteiger partial charge < -0.3 is 15.5 Å². The standard InChI is InChI=1S/C13H14FNO4/c14-10-4-2-1-3-9(10)5-6-12(17)15-11(7-8-16)13(18)19/h1-6,11,16H,7-8H2,(H,15,17)(H,18,19)/b6-5+/t11-/m1/s1. The van der Waals surface area contributed by atoms with E-state index in [1.54, 1.807) is 6.07 Å². The van der Waals surface area contributed by atoms with Crippen molar-refractivity contribution >= 4 is 18.0 Å². The van der Waals surface area contributed by atoms with E-state index in [0.717, 1.165) is 6.08 Å². The Balaban J connectivity index is 2.64. The van der Waals surface area contributed by atoms with Gasteiger partial charge in [0, 0.05) is 24.7 Å². The maximum Gasteiger partial charge on any atom is 0.326 e. The maximum absolute atomic E-state index is 13.2. The van der Waals surface area contributed by atoms with Gasteiger partial charge in [-0.3, -0.25) is 4.79 Å². The maximum atomic E-state index is 13.2. The first-order valence-corrected chi connectivity index (χ1v) is 5.61. The molecule has 102 valence electrons. The Kier molecular flexibility index (Phi) is 5.69. The van der Waals surface area contributed by atoms with Crippen molar-refractivity contribution in [3.8, 4) is 0 Å². The smallest absolute Gasteiger partial charge is 0.326 e. The SMILES string of the molecule is O=C(/C=C/c1ccccc1F)N[C@H](CCO)C(=O)O. The molecule has 0 spiro atoms. The van der Waals surface area contributed by atoms with Crippen LogP contribution < -0.4 is 5.32 Å². The number of aliphatic carboxylic acids is 1. The minimum atomic E-state index is -1.23. The number of halogens is 1. The molecule has 0 aromatic heterocycles. The van der Waals surface area contributed by atoms with E-state index in [1.807, 2.05) is 0 Å². The first kappa shape index (κ1) is 14.8. The third-order valence-corrected chi connectivity index (χ3v) is 2.35. The van der Waals surface area contributed by atoms with E-state index in [-0.39, 0.29) is 18.6 Å². The van der Waals surface area contributed by atoms with Gasteiger partial charge in [-0.15, -0.1) is 0 Å². The molecule has 0 heterocycles. The third-order valence-electron chi connectivity index (χ3n) is 2.35. The van der Waals surface area contributed by atoms with Gasteiger partial charge in [0.25, 0.3) is 0 Å². The average molecular weight is 267 g/mol. The molecular formula is C13H14FNO4. The summed E-state index contributed by atoms with van der Waals surface area (Å²) in [4.78, 5) is 22.2. The van der Waals surface area contributed by atoms with Crippen molar-refractivity contribution in [3.63, 3.8) is 0 Å². The zero-order chi connectivity index (χ0) is 14.3. The van der Waals surface area contributed by atoms with Crippen LogP contribution in [0.2, 0.25) is 0 Å². The van der Waals surface area contributed by atoms with E-state index >= 15 is 0 Å².